The Labute approximate surface area is 295 Å². The van der Waals surface area contributed by atoms with Gasteiger partial charge in [0.15, 0.2) is 0 Å². The molecule has 8 nitrogen and oxygen atoms in total. The lowest BCUT2D eigenvalue weighted by atomic mass is 9.93. The van der Waals surface area contributed by atoms with E-state index >= 15 is 0 Å². The molecule has 2 aliphatic rings. The van der Waals surface area contributed by atoms with Gasteiger partial charge in [-0.2, -0.15) is 0 Å². The number of rotatable bonds is 4. The first-order chi connectivity index (χ1) is 19.7. The molecule has 42 heavy (non-hydrogen) atoms. The van der Waals surface area contributed by atoms with Gasteiger partial charge in [-0.15, -0.1) is 0 Å². The summed E-state index contributed by atoms with van der Waals surface area (Å²) in [4.78, 5) is 33.8. The van der Waals surface area contributed by atoms with Crippen molar-refractivity contribution in [3.63, 3.8) is 0 Å². The quantitative estimate of drug-likeness (QED) is 0.186. The van der Waals surface area contributed by atoms with Gasteiger partial charge >= 0.3 is 11.9 Å². The summed E-state index contributed by atoms with van der Waals surface area (Å²) in [6, 6.07) is 11.1. The number of hydrogen-bond donors (Lipinski definition) is 1. The second-order valence-electron chi connectivity index (χ2n) is 8.73. The zero-order chi connectivity index (χ0) is 31.2. The van der Waals surface area contributed by atoms with Gasteiger partial charge < -0.3 is 19.7 Å². The monoisotopic (exact) mass is 924 g/mol. The molecule has 11 heteroatoms. The third kappa shape index (κ3) is 17.6. The number of esters is 2. The first-order valence-corrected chi connectivity index (χ1v) is 17.9. The second-order valence-corrected chi connectivity index (χ2v) is 19.6. The summed E-state index contributed by atoms with van der Waals surface area (Å²) in [5.74, 6) is 0.206. The highest BCUT2D eigenvalue weighted by Crippen LogP contribution is 2.26. The van der Waals surface area contributed by atoms with Crippen molar-refractivity contribution in [2.45, 2.75) is 72.6 Å². The van der Waals surface area contributed by atoms with Crippen molar-refractivity contribution in [1.82, 2.24) is 20.2 Å². The number of alkyl halides is 3. The summed E-state index contributed by atoms with van der Waals surface area (Å²) in [6.07, 6.45) is 4.37. The molecule has 0 aliphatic carbocycles. The van der Waals surface area contributed by atoms with E-state index in [9.17, 15) is 9.59 Å². The van der Waals surface area contributed by atoms with E-state index in [2.05, 4.69) is 104 Å². The lowest BCUT2D eigenvalue weighted by Gasteiger charge is -2.28. The third-order valence-electron chi connectivity index (χ3n) is 6.22. The van der Waals surface area contributed by atoms with Crippen molar-refractivity contribution < 1.29 is 19.1 Å². The minimum Gasteiger partial charge on any atom is -0.464 e. The summed E-state index contributed by atoms with van der Waals surface area (Å²) in [5, 5.41) is 3.31. The van der Waals surface area contributed by atoms with E-state index in [4.69, 9.17) is 0 Å². The fraction of sp³-hybridized carbons (Fsp3) is 0.613. The Balaban J connectivity index is 0. The number of nitrogens with one attached hydrogen (secondary N) is 1. The number of carbonyl (C=O) groups is 2. The van der Waals surface area contributed by atoms with Crippen molar-refractivity contribution >= 4 is 79.7 Å². The fourth-order valence-electron chi connectivity index (χ4n) is 4.22. The highest BCUT2D eigenvalue weighted by molar-refractivity contribution is 14.3. The van der Waals surface area contributed by atoms with Gasteiger partial charge in [-0.3, -0.25) is 0 Å². The Hall–Kier alpha value is -0.650. The highest BCUT2D eigenvalue weighted by Gasteiger charge is 2.21. The maximum atomic E-state index is 11.4. The van der Waals surface area contributed by atoms with Crippen molar-refractivity contribution in [3.05, 3.63) is 59.2 Å². The molecule has 0 spiro atoms. The summed E-state index contributed by atoms with van der Waals surface area (Å²) in [7, 11) is 4.89. The number of hydrogen-bond acceptors (Lipinski definition) is 8. The van der Waals surface area contributed by atoms with E-state index in [1.807, 2.05) is 52.0 Å². The van der Waals surface area contributed by atoms with Gasteiger partial charge in [0.1, 0.15) is 11.3 Å². The number of nitrogens with zero attached hydrogens (tertiary/aromatic N) is 3. The molecule has 0 radical (unpaired) electrons. The lowest BCUT2D eigenvalue weighted by Crippen LogP contribution is -2.29. The van der Waals surface area contributed by atoms with E-state index < -0.39 is 0 Å². The summed E-state index contributed by atoms with van der Waals surface area (Å²) in [6.45, 7) is 12.2. The topological polar surface area (TPSA) is 93.6 Å². The third-order valence-corrected chi connectivity index (χ3v) is 6.22. The molecular weight excluding hydrogens is 873 g/mol. The molecule has 0 unspecified atom stereocenters. The van der Waals surface area contributed by atoms with Crippen molar-refractivity contribution in [3.8, 4) is 0 Å². The number of pyridine rings is 2. The Kier molecular flexibility index (Phi) is 27.7. The summed E-state index contributed by atoms with van der Waals surface area (Å²) >= 11 is 6.95. The van der Waals surface area contributed by atoms with Crippen molar-refractivity contribution in [1.29, 1.82) is 0 Å². The van der Waals surface area contributed by atoms with Crippen LogP contribution in [0.15, 0.2) is 36.4 Å². The van der Waals surface area contributed by atoms with Gasteiger partial charge in [0.2, 0.25) is 0 Å². The number of piperidine rings is 2. The molecule has 2 aliphatic heterocycles. The molecule has 2 aromatic heterocycles. The van der Waals surface area contributed by atoms with Crippen LogP contribution in [-0.2, 0) is 9.47 Å². The average molecular weight is 924 g/mol. The van der Waals surface area contributed by atoms with E-state index in [0.717, 1.165) is 63.2 Å². The minimum absolute atomic E-state index is 0. The Bertz CT molecular complexity index is 981. The van der Waals surface area contributed by atoms with E-state index in [-0.39, 0.29) is 19.4 Å². The van der Waals surface area contributed by atoms with Gasteiger partial charge in [-0.05, 0) is 83.2 Å². The maximum Gasteiger partial charge on any atom is 0.356 e. The molecule has 240 valence electrons. The molecule has 0 aromatic carbocycles. The van der Waals surface area contributed by atoms with Crippen LogP contribution in [-0.4, -0.2) is 74.2 Å². The molecule has 4 heterocycles. The van der Waals surface area contributed by atoms with Gasteiger partial charge in [0.05, 0.1) is 14.2 Å². The van der Waals surface area contributed by atoms with E-state index in [1.54, 1.807) is 12.1 Å². The first-order valence-electron chi connectivity index (χ1n) is 14.2. The lowest BCUT2D eigenvalue weighted by molar-refractivity contribution is 0.0585. The SMILES string of the molecule is C.CC.CC.COC(=O)c1cccc(C2CCN(C)CC2)n1.COC(=O)c1cccc(C2CCNCC2)n1.IC(I)I. The molecular formula is C31H51I3N4O4. The molecule has 0 amide bonds. The van der Waals surface area contributed by atoms with Crippen LogP contribution in [0, 0.1) is 0 Å². The molecule has 1 N–H and O–H groups in total. The number of halogens is 3. The van der Waals surface area contributed by atoms with Crippen LogP contribution in [0.1, 0.15) is 105 Å². The molecule has 2 saturated heterocycles. The zero-order valence-corrected chi connectivity index (χ0v) is 31.9. The van der Waals surface area contributed by atoms with Gasteiger partial charge in [0, 0.05) is 23.2 Å². The fourth-order valence-corrected chi connectivity index (χ4v) is 4.22. The second kappa shape index (κ2) is 26.7. The van der Waals surface area contributed by atoms with Crippen LogP contribution in [0.5, 0.6) is 0 Å². The number of methoxy groups -OCH3 is 2. The number of carbonyl (C=O) groups excluding carboxylic acids is 2. The van der Waals surface area contributed by atoms with E-state index in [1.165, 1.54) is 14.2 Å². The maximum absolute atomic E-state index is 11.4. The highest BCUT2D eigenvalue weighted by atomic mass is 127. The van der Waals surface area contributed by atoms with Crippen molar-refractivity contribution in [2.24, 2.45) is 0 Å². The summed E-state index contributed by atoms with van der Waals surface area (Å²) < 4.78 is 10.1. The van der Waals surface area contributed by atoms with Crippen LogP contribution in [0.2, 0.25) is 0 Å². The predicted molar refractivity (Wildman–Crippen MR) is 201 cm³/mol. The first kappa shape index (κ1) is 43.5. The molecule has 4 rings (SSSR count). The largest absolute Gasteiger partial charge is 0.464 e. The predicted octanol–water partition coefficient (Wildman–Crippen LogP) is 8.28. The van der Waals surface area contributed by atoms with Crippen LogP contribution >= 0.6 is 67.8 Å². The molecule has 0 saturated carbocycles. The molecule has 2 aromatic rings. The normalized spacial score (nSPS) is 14.9. The van der Waals surface area contributed by atoms with Gasteiger partial charge in [0.25, 0.3) is 0 Å². The van der Waals surface area contributed by atoms with Gasteiger partial charge in [-0.25, -0.2) is 19.6 Å². The van der Waals surface area contributed by atoms with Crippen LogP contribution in [0.25, 0.3) is 0 Å². The Morgan fingerprint density at radius 1 is 0.786 bits per heavy atom. The average Bonchev–Trinajstić information content (AvgIpc) is 3.03. The Morgan fingerprint density at radius 2 is 1.14 bits per heavy atom. The zero-order valence-electron chi connectivity index (χ0n) is 25.5. The van der Waals surface area contributed by atoms with Crippen molar-refractivity contribution in [2.75, 3.05) is 47.4 Å². The van der Waals surface area contributed by atoms with Crippen LogP contribution < -0.4 is 5.32 Å². The number of aromatic nitrogens is 2. The number of ether oxygens (including phenoxy) is 2. The van der Waals surface area contributed by atoms with E-state index in [0.29, 0.717) is 23.2 Å². The summed E-state index contributed by atoms with van der Waals surface area (Å²) in [5.41, 5.74) is 2.83. The Morgan fingerprint density at radius 3 is 1.50 bits per heavy atom. The minimum atomic E-state index is -0.365. The number of likely N-dealkylation sites (tertiary alicyclic amines) is 1. The van der Waals surface area contributed by atoms with Gasteiger partial charge in [-0.1, -0.05) is 115 Å². The molecule has 0 atom stereocenters. The van der Waals surface area contributed by atoms with Crippen LogP contribution in [0.3, 0.4) is 0 Å². The molecule has 0 bridgehead atoms. The smallest absolute Gasteiger partial charge is 0.356 e. The molecule has 2 fully saturated rings. The van der Waals surface area contributed by atoms with Crippen LogP contribution in [0.4, 0.5) is 0 Å². The standard InChI is InChI=1S/C13H18N2O2.C12H16N2O2.2C2H6.CHI3.CH4/c1-15-8-6-10(7-9-15)11-4-3-5-12(14-11)13(16)17-2;1-16-12(15)11-4-2-3-10(14-11)9-5-7-13-8-6-9;2*1-2;2-1(3)4;/h3-5,10H,6-9H2,1-2H3;2-4,9,13H,5-8H2,1H3;2*1-2H3;1H;1H4.